The highest BCUT2D eigenvalue weighted by Gasteiger charge is 2.19. The number of ether oxygens (including phenoxy) is 3. The molecule has 0 spiro atoms. The Morgan fingerprint density at radius 3 is 0.699 bits per heavy atom. The van der Waals surface area contributed by atoms with Gasteiger partial charge in [0.1, 0.15) is 13.2 Å². The fourth-order valence-electron chi connectivity index (χ4n) is 8.00. The smallest absolute Gasteiger partial charge is 0.306 e. The van der Waals surface area contributed by atoms with Crippen LogP contribution in [-0.4, -0.2) is 37.2 Å². The molecule has 0 amide bonds. The van der Waals surface area contributed by atoms with Crippen molar-refractivity contribution in [3.8, 4) is 0 Å². The zero-order valence-electron chi connectivity index (χ0n) is 52.6. The molecule has 0 aromatic carbocycles. The third-order valence-corrected chi connectivity index (χ3v) is 12.8. The van der Waals surface area contributed by atoms with E-state index in [1.165, 1.54) is 0 Å². The van der Waals surface area contributed by atoms with E-state index >= 15 is 0 Å². The van der Waals surface area contributed by atoms with Gasteiger partial charge in [0, 0.05) is 19.3 Å². The van der Waals surface area contributed by atoms with Crippen LogP contribution in [0.4, 0.5) is 0 Å². The second-order valence-electron chi connectivity index (χ2n) is 20.5. The molecular weight excluding hydrogens is 1020 g/mol. The Hall–Kier alpha value is -6.01. The summed E-state index contributed by atoms with van der Waals surface area (Å²) >= 11 is 0. The van der Waals surface area contributed by atoms with Crippen LogP contribution in [0.3, 0.4) is 0 Å². The lowest BCUT2D eigenvalue weighted by Crippen LogP contribution is -2.30. The van der Waals surface area contributed by atoms with E-state index in [0.717, 1.165) is 193 Å². The van der Waals surface area contributed by atoms with Crippen LogP contribution in [0, 0.1) is 0 Å². The number of hydrogen-bond acceptors (Lipinski definition) is 6. The normalized spacial score (nSPS) is 13.5. The second kappa shape index (κ2) is 68.5. The van der Waals surface area contributed by atoms with E-state index in [4.69, 9.17) is 14.2 Å². The maximum Gasteiger partial charge on any atom is 0.306 e. The van der Waals surface area contributed by atoms with Crippen LogP contribution in [0.15, 0.2) is 207 Å². The highest BCUT2D eigenvalue weighted by atomic mass is 16.6. The Balaban J connectivity index is 4.53. The molecule has 460 valence electrons. The van der Waals surface area contributed by atoms with Gasteiger partial charge in [-0.1, -0.05) is 259 Å². The molecule has 0 saturated carbocycles. The van der Waals surface area contributed by atoms with Crippen molar-refractivity contribution in [2.75, 3.05) is 13.2 Å². The number of hydrogen-bond donors (Lipinski definition) is 0. The van der Waals surface area contributed by atoms with Crippen LogP contribution in [0.2, 0.25) is 0 Å². The Labute approximate surface area is 509 Å². The topological polar surface area (TPSA) is 78.9 Å². The molecule has 0 aromatic rings. The summed E-state index contributed by atoms with van der Waals surface area (Å²) in [6, 6.07) is 0. The van der Waals surface area contributed by atoms with Crippen molar-refractivity contribution >= 4 is 17.9 Å². The molecule has 6 nitrogen and oxygen atoms in total. The van der Waals surface area contributed by atoms with Crippen molar-refractivity contribution in [1.29, 1.82) is 0 Å². The number of unbranched alkanes of at least 4 members (excludes halogenated alkanes) is 11. The lowest BCUT2D eigenvalue weighted by Gasteiger charge is -2.18. The first kappa shape index (κ1) is 77.0. The summed E-state index contributed by atoms with van der Waals surface area (Å²) in [5.74, 6) is -1.02. The highest BCUT2D eigenvalue weighted by Crippen LogP contribution is 2.13. The molecule has 0 aliphatic carbocycles. The molecule has 0 bridgehead atoms. The average Bonchev–Trinajstić information content (AvgIpc) is 3.49. The van der Waals surface area contributed by atoms with Crippen LogP contribution in [0.25, 0.3) is 0 Å². The molecule has 0 rings (SSSR count). The number of carbonyl (C=O) groups is 3. The SMILES string of the molecule is CC/C=C\C/C=C\C/C=C\C/C=C\C/C=C\C/C=C\C/C=C\C/C=C\CCCCCCC(=O)OCC(COC(=O)CCCC/C=C\C/C=C\C/C=C\C/C=C\CC)OC(=O)CCCCCCC/C=C\C/C=C\C/C=C\C/C=C\C/C=C\CC. The lowest BCUT2D eigenvalue weighted by atomic mass is 10.1. The van der Waals surface area contributed by atoms with Crippen molar-refractivity contribution in [3.63, 3.8) is 0 Å². The summed E-state index contributed by atoms with van der Waals surface area (Å²) in [6.07, 6.45) is 105. The van der Waals surface area contributed by atoms with Crippen molar-refractivity contribution < 1.29 is 28.6 Å². The summed E-state index contributed by atoms with van der Waals surface area (Å²) in [6.45, 7) is 6.21. The van der Waals surface area contributed by atoms with Gasteiger partial charge >= 0.3 is 17.9 Å². The highest BCUT2D eigenvalue weighted by molar-refractivity contribution is 5.71. The minimum absolute atomic E-state index is 0.125. The molecule has 0 radical (unpaired) electrons. The van der Waals surface area contributed by atoms with E-state index < -0.39 is 6.10 Å². The van der Waals surface area contributed by atoms with Gasteiger partial charge in [-0.05, 0) is 167 Å². The van der Waals surface area contributed by atoms with Gasteiger partial charge in [-0.15, -0.1) is 0 Å². The Morgan fingerprint density at radius 2 is 0.434 bits per heavy atom. The molecule has 1 atom stereocenters. The minimum Gasteiger partial charge on any atom is -0.462 e. The van der Waals surface area contributed by atoms with Gasteiger partial charge in [0.15, 0.2) is 6.10 Å². The zero-order valence-corrected chi connectivity index (χ0v) is 52.6. The first-order valence-corrected chi connectivity index (χ1v) is 32.6. The molecule has 1 unspecified atom stereocenters. The summed E-state index contributed by atoms with van der Waals surface area (Å²) in [4.78, 5) is 38.4. The molecule has 0 N–H and O–H groups in total. The number of esters is 3. The van der Waals surface area contributed by atoms with E-state index in [1.807, 2.05) is 0 Å². The fraction of sp³-hybridized carbons (Fsp3) is 0.519. The molecule has 0 aliphatic heterocycles. The lowest BCUT2D eigenvalue weighted by molar-refractivity contribution is -0.167. The molecule has 6 heteroatoms. The maximum absolute atomic E-state index is 12.9. The molecule has 0 saturated heterocycles. The Bertz CT molecular complexity index is 2030. The predicted molar refractivity (Wildman–Crippen MR) is 361 cm³/mol. The van der Waals surface area contributed by atoms with Crippen LogP contribution >= 0.6 is 0 Å². The van der Waals surface area contributed by atoms with E-state index in [0.29, 0.717) is 12.8 Å². The molecule has 0 fully saturated rings. The van der Waals surface area contributed by atoms with Crippen LogP contribution < -0.4 is 0 Å². The molecule has 0 heterocycles. The Morgan fingerprint density at radius 1 is 0.241 bits per heavy atom. The van der Waals surface area contributed by atoms with Crippen LogP contribution in [0.1, 0.15) is 239 Å². The van der Waals surface area contributed by atoms with Crippen molar-refractivity contribution in [2.24, 2.45) is 0 Å². The summed E-state index contributed by atoms with van der Waals surface area (Å²) in [7, 11) is 0. The third-order valence-electron chi connectivity index (χ3n) is 12.8. The Kier molecular flexibility index (Phi) is 63.5. The van der Waals surface area contributed by atoms with Crippen LogP contribution in [0.5, 0.6) is 0 Å². The largest absolute Gasteiger partial charge is 0.462 e. The average molecular weight is 1140 g/mol. The van der Waals surface area contributed by atoms with Gasteiger partial charge in [0.25, 0.3) is 0 Å². The van der Waals surface area contributed by atoms with Gasteiger partial charge in [-0.3, -0.25) is 14.4 Å². The van der Waals surface area contributed by atoms with E-state index in [2.05, 4.69) is 227 Å². The van der Waals surface area contributed by atoms with E-state index in [1.54, 1.807) is 0 Å². The quantitative estimate of drug-likeness (QED) is 0.0261. The summed E-state index contributed by atoms with van der Waals surface area (Å²) in [5, 5.41) is 0. The molecule has 0 aromatic heterocycles. The molecule has 0 aliphatic rings. The second-order valence-corrected chi connectivity index (χ2v) is 20.5. The summed E-state index contributed by atoms with van der Waals surface area (Å²) < 4.78 is 16.9. The van der Waals surface area contributed by atoms with Gasteiger partial charge < -0.3 is 14.2 Å². The van der Waals surface area contributed by atoms with Crippen molar-refractivity contribution in [2.45, 2.75) is 245 Å². The fourth-order valence-corrected chi connectivity index (χ4v) is 8.00. The first-order chi connectivity index (χ1) is 41.0. The third kappa shape index (κ3) is 66.7. The minimum atomic E-state index is -0.832. The predicted octanol–water partition coefficient (Wildman–Crippen LogP) is 22.8. The van der Waals surface area contributed by atoms with E-state index in [-0.39, 0.29) is 44.0 Å². The number of rotatable bonds is 56. The van der Waals surface area contributed by atoms with Crippen LogP contribution in [-0.2, 0) is 28.6 Å². The van der Waals surface area contributed by atoms with Gasteiger partial charge in [0.05, 0.1) is 0 Å². The first-order valence-electron chi connectivity index (χ1n) is 32.6. The molecular formula is C77H116O6. The zero-order chi connectivity index (χ0) is 59.9. The van der Waals surface area contributed by atoms with Gasteiger partial charge in [-0.2, -0.15) is 0 Å². The maximum atomic E-state index is 12.9. The number of allylic oxidation sites excluding steroid dienone is 34. The standard InChI is InChI=1S/C77H116O6/c1-4-7-10-13-16-19-22-25-28-30-32-34-35-36-37-38-39-40-41-43-44-46-49-52-55-58-61-64-67-70-76(79)82-73-74(72-81-75(78)69-66-63-60-57-54-51-48-27-24-21-18-15-12-9-6-3)83-77(80)71-68-65-62-59-56-53-50-47-45-42-33-31-29-26-23-20-17-14-11-8-5-2/h7-12,16-21,25-29,32-34,36-37,39-40,42-44,47-50,52,54,57,74H,4-6,13-15,22-24,30-31,35,38,41,45-46,51,53,55-56,58-73H2,1-3H3/b10-7-,11-8-,12-9-,19-16-,20-17-,21-18-,28-25-,29-26-,34-32-,37-36-,40-39-,42-33-,44-43-,48-27-,50-47-,52-49-,57-54-. The van der Waals surface area contributed by atoms with Gasteiger partial charge in [-0.25, -0.2) is 0 Å². The van der Waals surface area contributed by atoms with Crippen molar-refractivity contribution in [3.05, 3.63) is 207 Å². The summed E-state index contributed by atoms with van der Waals surface area (Å²) in [5.41, 5.74) is 0. The number of carbonyl (C=O) groups excluding carboxylic acids is 3. The molecule has 83 heavy (non-hydrogen) atoms. The monoisotopic (exact) mass is 1140 g/mol. The van der Waals surface area contributed by atoms with Crippen molar-refractivity contribution in [1.82, 2.24) is 0 Å². The van der Waals surface area contributed by atoms with Gasteiger partial charge in [0.2, 0.25) is 0 Å². The van der Waals surface area contributed by atoms with E-state index in [9.17, 15) is 14.4 Å².